The van der Waals surface area contributed by atoms with Gasteiger partial charge in [0.25, 0.3) is 0 Å². The molecule has 2 aromatic carbocycles. The fraction of sp³-hybridized carbons (Fsp3) is 0.240. The highest BCUT2D eigenvalue weighted by Gasteiger charge is 2.31. The third kappa shape index (κ3) is 6.16. The number of carbonyl (C=O) groups excluding carboxylic acids is 2. The van der Waals surface area contributed by atoms with E-state index in [-0.39, 0.29) is 23.8 Å². The summed E-state index contributed by atoms with van der Waals surface area (Å²) >= 11 is 12.3. The lowest BCUT2D eigenvalue weighted by atomic mass is 10.0. The van der Waals surface area contributed by atoms with Crippen molar-refractivity contribution in [3.8, 4) is 0 Å². The largest absolute Gasteiger partial charge is 0.417 e. The quantitative estimate of drug-likeness (QED) is 0.427. The Morgan fingerprint density at radius 2 is 1.67 bits per heavy atom. The number of pyridine rings is 1. The molecule has 1 saturated heterocycles. The highest BCUT2D eigenvalue weighted by molar-refractivity contribution is 6.36. The molecular formula is C25H21Cl2F3N4O2. The van der Waals surface area contributed by atoms with Gasteiger partial charge < -0.3 is 10.2 Å². The van der Waals surface area contributed by atoms with Crippen LogP contribution in [-0.4, -0.2) is 54.3 Å². The van der Waals surface area contributed by atoms with Crippen molar-refractivity contribution >= 4 is 46.4 Å². The standard InChI is InChI=1S/C25H21Cl2F3N4O2/c26-17-6-7-21(19(13-17)24(36)18-3-1-2-4-20(18)27)32-23(35)15-33-9-11-34(12-10-33)22-8-5-16(14-31-22)25(28,29)30/h1-8,13-14H,9-12,15H2,(H,32,35). The predicted octanol–water partition coefficient (Wildman–Crippen LogP) is 5.40. The normalized spacial score (nSPS) is 14.5. The van der Waals surface area contributed by atoms with Gasteiger partial charge in [-0.05, 0) is 42.5 Å². The summed E-state index contributed by atoms with van der Waals surface area (Å²) in [6.07, 6.45) is -3.61. The van der Waals surface area contributed by atoms with Crippen LogP contribution in [0.15, 0.2) is 60.8 Å². The van der Waals surface area contributed by atoms with Gasteiger partial charge in [-0.1, -0.05) is 35.3 Å². The Labute approximate surface area is 215 Å². The Balaban J connectivity index is 1.37. The molecule has 1 aromatic heterocycles. The first kappa shape index (κ1) is 25.9. The molecule has 3 aromatic rings. The maximum atomic E-state index is 13.1. The van der Waals surface area contributed by atoms with E-state index in [0.717, 1.165) is 12.3 Å². The average molecular weight is 537 g/mol. The van der Waals surface area contributed by atoms with Gasteiger partial charge in [-0.3, -0.25) is 14.5 Å². The zero-order valence-corrected chi connectivity index (χ0v) is 20.4. The van der Waals surface area contributed by atoms with Crippen molar-refractivity contribution in [3.05, 3.63) is 87.5 Å². The Hall–Kier alpha value is -3.14. The van der Waals surface area contributed by atoms with Crippen molar-refractivity contribution in [2.24, 2.45) is 0 Å². The van der Waals surface area contributed by atoms with E-state index in [0.29, 0.717) is 53.3 Å². The van der Waals surface area contributed by atoms with Gasteiger partial charge in [0.15, 0.2) is 5.78 Å². The number of nitrogens with one attached hydrogen (secondary N) is 1. The molecule has 1 fully saturated rings. The van der Waals surface area contributed by atoms with Gasteiger partial charge in [-0.25, -0.2) is 4.98 Å². The third-order valence-electron chi connectivity index (χ3n) is 5.76. The van der Waals surface area contributed by atoms with Gasteiger partial charge >= 0.3 is 6.18 Å². The number of piperazine rings is 1. The first-order valence-electron chi connectivity index (χ1n) is 11.0. The van der Waals surface area contributed by atoms with E-state index in [2.05, 4.69) is 10.3 Å². The topological polar surface area (TPSA) is 65.5 Å². The van der Waals surface area contributed by atoms with Gasteiger partial charge in [-0.15, -0.1) is 0 Å². The van der Waals surface area contributed by atoms with E-state index < -0.39 is 11.7 Å². The van der Waals surface area contributed by atoms with Gasteiger partial charge in [0.2, 0.25) is 5.91 Å². The molecule has 1 amide bonds. The summed E-state index contributed by atoms with van der Waals surface area (Å²) < 4.78 is 38.3. The first-order valence-corrected chi connectivity index (χ1v) is 11.8. The fourth-order valence-corrected chi connectivity index (χ4v) is 4.27. The van der Waals surface area contributed by atoms with Gasteiger partial charge in [0, 0.05) is 48.5 Å². The molecule has 2 heterocycles. The number of aromatic nitrogens is 1. The van der Waals surface area contributed by atoms with Crippen molar-refractivity contribution in [2.45, 2.75) is 6.18 Å². The number of carbonyl (C=O) groups is 2. The lowest BCUT2D eigenvalue weighted by Crippen LogP contribution is -2.49. The second-order valence-electron chi connectivity index (χ2n) is 8.21. The minimum Gasteiger partial charge on any atom is -0.354 e. The van der Waals surface area contributed by atoms with Crippen LogP contribution in [0.1, 0.15) is 21.5 Å². The summed E-state index contributed by atoms with van der Waals surface area (Å²) in [5, 5.41) is 3.42. The maximum absolute atomic E-state index is 13.1. The fourth-order valence-electron chi connectivity index (χ4n) is 3.87. The Kier molecular flexibility index (Phi) is 7.82. The van der Waals surface area contributed by atoms with Crippen LogP contribution >= 0.6 is 23.2 Å². The summed E-state index contributed by atoms with van der Waals surface area (Å²) in [6.45, 7) is 2.12. The minimum atomic E-state index is -4.43. The zero-order valence-electron chi connectivity index (χ0n) is 18.9. The molecule has 11 heteroatoms. The number of alkyl halides is 3. The van der Waals surface area contributed by atoms with E-state index in [1.54, 1.807) is 36.4 Å². The smallest absolute Gasteiger partial charge is 0.354 e. The molecule has 0 radical (unpaired) electrons. The molecule has 0 atom stereocenters. The van der Waals surface area contributed by atoms with Crippen LogP contribution in [0.2, 0.25) is 10.0 Å². The number of hydrogen-bond acceptors (Lipinski definition) is 5. The lowest BCUT2D eigenvalue weighted by molar-refractivity contribution is -0.137. The SMILES string of the molecule is O=C(CN1CCN(c2ccc(C(F)(F)F)cn2)CC1)Nc1ccc(Cl)cc1C(=O)c1ccccc1Cl. The van der Waals surface area contributed by atoms with Crippen molar-refractivity contribution in [3.63, 3.8) is 0 Å². The number of halogens is 5. The molecule has 6 nitrogen and oxygen atoms in total. The van der Waals surface area contributed by atoms with E-state index >= 15 is 0 Å². The molecule has 0 unspecified atom stereocenters. The van der Waals surface area contributed by atoms with Crippen LogP contribution in [0.4, 0.5) is 24.7 Å². The van der Waals surface area contributed by atoms with Crippen LogP contribution in [0.5, 0.6) is 0 Å². The minimum absolute atomic E-state index is 0.0800. The van der Waals surface area contributed by atoms with Crippen molar-refractivity contribution in [1.29, 1.82) is 0 Å². The van der Waals surface area contributed by atoms with Gasteiger partial charge in [0.05, 0.1) is 22.8 Å². The Morgan fingerprint density at radius 1 is 0.944 bits per heavy atom. The van der Waals surface area contributed by atoms with Crippen LogP contribution in [-0.2, 0) is 11.0 Å². The first-order chi connectivity index (χ1) is 17.1. The summed E-state index contributed by atoms with van der Waals surface area (Å²) in [5.74, 6) is -0.223. The number of hydrogen-bond donors (Lipinski definition) is 1. The second kappa shape index (κ2) is 10.9. The molecule has 0 aliphatic carbocycles. The molecule has 1 aliphatic heterocycles. The summed E-state index contributed by atoms with van der Waals surface area (Å²) in [7, 11) is 0. The summed E-state index contributed by atoms with van der Waals surface area (Å²) in [5.41, 5.74) is 0.0464. The molecular weight excluding hydrogens is 516 g/mol. The number of rotatable bonds is 6. The van der Waals surface area contributed by atoms with Crippen LogP contribution in [0.25, 0.3) is 0 Å². The average Bonchev–Trinajstić information content (AvgIpc) is 2.85. The van der Waals surface area contributed by atoms with Crippen LogP contribution in [0.3, 0.4) is 0 Å². The van der Waals surface area contributed by atoms with E-state index in [1.807, 2.05) is 9.80 Å². The van der Waals surface area contributed by atoms with Crippen molar-refractivity contribution in [2.75, 3.05) is 42.9 Å². The van der Waals surface area contributed by atoms with Crippen molar-refractivity contribution in [1.82, 2.24) is 9.88 Å². The number of anilines is 2. The van der Waals surface area contributed by atoms with E-state index in [1.165, 1.54) is 12.1 Å². The molecule has 4 rings (SSSR count). The maximum Gasteiger partial charge on any atom is 0.417 e. The number of amides is 1. The molecule has 188 valence electrons. The summed E-state index contributed by atoms with van der Waals surface area (Å²) in [6, 6.07) is 13.6. The van der Waals surface area contributed by atoms with E-state index in [9.17, 15) is 22.8 Å². The number of nitrogens with zero attached hydrogens (tertiary/aromatic N) is 3. The Bertz CT molecular complexity index is 1260. The molecule has 36 heavy (non-hydrogen) atoms. The highest BCUT2D eigenvalue weighted by atomic mass is 35.5. The monoisotopic (exact) mass is 536 g/mol. The zero-order chi connectivity index (χ0) is 25.9. The highest BCUT2D eigenvalue weighted by Crippen LogP contribution is 2.30. The molecule has 1 aliphatic rings. The third-order valence-corrected chi connectivity index (χ3v) is 6.32. The second-order valence-corrected chi connectivity index (χ2v) is 9.06. The molecule has 1 N–H and O–H groups in total. The molecule has 0 spiro atoms. The van der Waals surface area contributed by atoms with Crippen LogP contribution < -0.4 is 10.2 Å². The van der Waals surface area contributed by atoms with Gasteiger partial charge in [-0.2, -0.15) is 13.2 Å². The van der Waals surface area contributed by atoms with Crippen LogP contribution in [0, 0.1) is 0 Å². The Morgan fingerprint density at radius 3 is 2.31 bits per heavy atom. The predicted molar refractivity (Wildman–Crippen MR) is 133 cm³/mol. The number of benzene rings is 2. The van der Waals surface area contributed by atoms with Crippen molar-refractivity contribution < 1.29 is 22.8 Å². The van der Waals surface area contributed by atoms with E-state index in [4.69, 9.17) is 23.2 Å². The summed E-state index contributed by atoms with van der Waals surface area (Å²) in [4.78, 5) is 33.6. The lowest BCUT2D eigenvalue weighted by Gasteiger charge is -2.35. The molecule has 0 bridgehead atoms. The van der Waals surface area contributed by atoms with Gasteiger partial charge in [0.1, 0.15) is 5.82 Å². The number of ketones is 1. The molecule has 0 saturated carbocycles.